The van der Waals surface area contributed by atoms with Crippen molar-refractivity contribution in [1.29, 1.82) is 0 Å². The first-order valence-electron chi connectivity index (χ1n) is 3.19. The summed E-state index contributed by atoms with van der Waals surface area (Å²) in [6.45, 7) is 3.94. The summed E-state index contributed by atoms with van der Waals surface area (Å²) in [5, 5.41) is 9.70. The molecule has 0 amide bonds. The number of nitrogens with zero attached hydrogens (tertiary/aromatic N) is 4. The van der Waals surface area contributed by atoms with Crippen molar-refractivity contribution in [2.45, 2.75) is 13.8 Å². The van der Waals surface area contributed by atoms with Crippen LogP contribution in [0.3, 0.4) is 0 Å². The molecule has 10 heavy (non-hydrogen) atoms. The first kappa shape index (κ1) is 7.05. The Hall–Kier alpha value is -1.06. The Kier molecular flexibility index (Phi) is 1.61. The van der Waals surface area contributed by atoms with E-state index in [-0.39, 0.29) is 0 Å². The van der Waals surface area contributed by atoms with E-state index in [9.17, 15) is 0 Å². The van der Waals surface area contributed by atoms with E-state index in [2.05, 4.69) is 10.3 Å². The summed E-state index contributed by atoms with van der Waals surface area (Å²) in [6.07, 6.45) is 0. The van der Waals surface area contributed by atoms with Crippen LogP contribution in [-0.4, -0.2) is 29.2 Å². The molecule has 0 radical (unpaired) electrons. The van der Waals surface area contributed by atoms with Crippen molar-refractivity contribution in [1.82, 2.24) is 15.1 Å². The third-order valence-electron chi connectivity index (χ3n) is 1.48. The van der Waals surface area contributed by atoms with E-state index in [1.54, 1.807) is 4.79 Å². The lowest BCUT2D eigenvalue weighted by molar-refractivity contribution is 0.595. The van der Waals surface area contributed by atoms with Gasteiger partial charge in [0.25, 0.3) is 0 Å². The van der Waals surface area contributed by atoms with Crippen molar-refractivity contribution in [3.8, 4) is 0 Å². The molecule has 4 heteroatoms. The maximum atomic E-state index is 3.91. The van der Waals surface area contributed by atoms with Gasteiger partial charge in [-0.2, -0.15) is 4.79 Å². The van der Waals surface area contributed by atoms with Crippen LogP contribution in [0.5, 0.6) is 0 Å². The summed E-state index contributed by atoms with van der Waals surface area (Å²) >= 11 is 0. The number of aromatic nitrogens is 3. The lowest BCUT2D eigenvalue weighted by Crippen LogP contribution is -2.27. The molecular formula is C6H12N4. The summed E-state index contributed by atoms with van der Waals surface area (Å²) in [5.74, 6) is 0. The highest BCUT2D eigenvalue weighted by Crippen LogP contribution is 1.99. The van der Waals surface area contributed by atoms with Crippen LogP contribution >= 0.6 is 0 Å². The van der Waals surface area contributed by atoms with Crippen molar-refractivity contribution in [3.63, 3.8) is 0 Å². The van der Waals surface area contributed by atoms with Gasteiger partial charge in [-0.25, -0.2) is 0 Å². The summed E-state index contributed by atoms with van der Waals surface area (Å²) < 4.78 is 0. The van der Waals surface area contributed by atoms with Crippen molar-refractivity contribution < 1.29 is 0 Å². The molecule has 1 rings (SSSR count). The van der Waals surface area contributed by atoms with Gasteiger partial charge in [-0.05, 0) is 19.1 Å². The second-order valence-electron chi connectivity index (χ2n) is 2.50. The van der Waals surface area contributed by atoms with Crippen molar-refractivity contribution in [2.24, 2.45) is 0 Å². The van der Waals surface area contributed by atoms with Gasteiger partial charge in [0.05, 0.1) is 11.4 Å². The highest BCUT2D eigenvalue weighted by Gasteiger charge is 2.03. The molecule has 0 aromatic carbocycles. The van der Waals surface area contributed by atoms with Gasteiger partial charge in [-0.15, -0.1) is 5.10 Å². The highest BCUT2D eigenvalue weighted by molar-refractivity contribution is 5.06. The zero-order valence-electron chi connectivity index (χ0n) is 6.79. The molecule has 0 unspecified atom stereocenters. The molecule has 0 aliphatic carbocycles. The van der Waals surface area contributed by atoms with Crippen molar-refractivity contribution in [3.05, 3.63) is 11.4 Å². The molecule has 56 valence electrons. The Morgan fingerprint density at radius 2 is 1.90 bits per heavy atom. The van der Waals surface area contributed by atoms with Gasteiger partial charge >= 0.3 is 0 Å². The molecule has 0 N–H and O–H groups in total. The fourth-order valence-corrected chi connectivity index (χ4v) is 0.774. The lowest BCUT2D eigenvalue weighted by atomic mass is 10.4. The second-order valence-corrected chi connectivity index (χ2v) is 2.50. The lowest BCUT2D eigenvalue weighted by Gasteiger charge is -2.12. The van der Waals surface area contributed by atoms with E-state index < -0.39 is 0 Å². The molecule has 0 atom stereocenters. The van der Waals surface area contributed by atoms with Gasteiger partial charge in [-0.1, -0.05) is 0 Å². The topological polar surface area (TPSA) is 34.0 Å². The molecule has 4 nitrogen and oxygen atoms in total. The molecule has 0 saturated carbocycles. The molecular weight excluding hydrogens is 128 g/mol. The van der Waals surface area contributed by atoms with Gasteiger partial charge in [0.1, 0.15) is 0 Å². The molecule has 0 aliphatic rings. The first-order chi connectivity index (χ1) is 4.63. The maximum Gasteiger partial charge on any atom is 0.0847 e. The molecule has 0 aliphatic heterocycles. The summed E-state index contributed by atoms with van der Waals surface area (Å²) in [6, 6.07) is 0. The molecule has 1 aromatic heterocycles. The number of hydrogen-bond donors (Lipinski definition) is 0. The number of rotatable bonds is 1. The molecule has 1 heterocycles. The minimum Gasteiger partial charge on any atom is -0.301 e. The molecule has 0 spiro atoms. The Morgan fingerprint density at radius 3 is 2.10 bits per heavy atom. The number of hydrogen-bond acceptors (Lipinski definition) is 3. The second kappa shape index (κ2) is 2.28. The van der Waals surface area contributed by atoms with Gasteiger partial charge in [0.15, 0.2) is 0 Å². The predicted octanol–water partition coefficient (Wildman–Crippen LogP) is 0.0925. The zero-order valence-corrected chi connectivity index (χ0v) is 6.79. The third kappa shape index (κ3) is 0.964. The van der Waals surface area contributed by atoms with Crippen LogP contribution in [0.4, 0.5) is 0 Å². The molecule has 0 fully saturated rings. The summed E-state index contributed by atoms with van der Waals surface area (Å²) in [4.78, 5) is 1.76. The van der Waals surface area contributed by atoms with E-state index in [1.165, 1.54) is 0 Å². The van der Waals surface area contributed by atoms with Crippen LogP contribution in [0.15, 0.2) is 0 Å². The van der Waals surface area contributed by atoms with Crippen LogP contribution in [0.25, 0.3) is 0 Å². The van der Waals surface area contributed by atoms with E-state index in [4.69, 9.17) is 0 Å². The molecule has 0 bridgehead atoms. The minimum absolute atomic E-state index is 0.980. The highest BCUT2D eigenvalue weighted by atomic mass is 15.7. The van der Waals surface area contributed by atoms with E-state index >= 15 is 0 Å². The smallest absolute Gasteiger partial charge is 0.0847 e. The van der Waals surface area contributed by atoms with Gasteiger partial charge in [-0.3, -0.25) is 0 Å². The zero-order chi connectivity index (χ0) is 7.72. The average molecular weight is 140 g/mol. The molecule has 1 aromatic rings. The minimum atomic E-state index is 0.980. The van der Waals surface area contributed by atoms with Gasteiger partial charge in [0.2, 0.25) is 0 Å². The van der Waals surface area contributed by atoms with E-state index in [1.807, 2.05) is 33.0 Å². The molecule has 0 saturated heterocycles. The van der Waals surface area contributed by atoms with Crippen molar-refractivity contribution in [2.75, 3.05) is 19.1 Å². The van der Waals surface area contributed by atoms with Crippen molar-refractivity contribution >= 4 is 0 Å². The van der Waals surface area contributed by atoms with Crippen LogP contribution in [0.1, 0.15) is 11.4 Å². The Bertz CT molecular complexity index is 226. The first-order valence-corrected chi connectivity index (χ1v) is 3.19. The summed E-state index contributed by atoms with van der Waals surface area (Å²) in [7, 11) is 3.86. The predicted molar refractivity (Wildman–Crippen MR) is 39.6 cm³/mol. The van der Waals surface area contributed by atoms with Crippen LogP contribution < -0.4 is 5.01 Å². The van der Waals surface area contributed by atoms with Crippen LogP contribution in [0, 0.1) is 13.8 Å². The van der Waals surface area contributed by atoms with Crippen LogP contribution in [-0.2, 0) is 0 Å². The average Bonchev–Trinajstić information content (AvgIpc) is 2.14. The van der Waals surface area contributed by atoms with Crippen LogP contribution in [0.2, 0.25) is 0 Å². The Morgan fingerprint density at radius 1 is 1.30 bits per heavy atom. The van der Waals surface area contributed by atoms with E-state index in [0.717, 1.165) is 11.4 Å². The summed E-state index contributed by atoms with van der Waals surface area (Å²) in [5.41, 5.74) is 2.07. The normalized spacial score (nSPS) is 10.0. The number of aryl methyl sites for hydroxylation is 1. The Balaban J connectivity index is 3.05. The standard InChI is InChI=1S/C6H12N4/c1-5-6(2)10(8-7-5)9(3)4/h1-4H3. The fraction of sp³-hybridized carbons (Fsp3) is 0.667. The Labute approximate surface area is 60.4 Å². The third-order valence-corrected chi connectivity index (χ3v) is 1.48. The fourth-order valence-electron chi connectivity index (χ4n) is 0.774. The quantitative estimate of drug-likeness (QED) is 0.554. The largest absolute Gasteiger partial charge is 0.301 e. The SMILES string of the molecule is Cc1nnn(N(C)C)c1C. The van der Waals surface area contributed by atoms with E-state index in [0.29, 0.717) is 0 Å². The monoisotopic (exact) mass is 140 g/mol. The van der Waals surface area contributed by atoms with Gasteiger partial charge in [0, 0.05) is 14.1 Å². The van der Waals surface area contributed by atoms with Gasteiger partial charge < -0.3 is 5.01 Å². The maximum absolute atomic E-state index is 3.91.